The van der Waals surface area contributed by atoms with E-state index in [0.29, 0.717) is 6.61 Å². The minimum absolute atomic E-state index is 0.0659. The molecule has 0 radical (unpaired) electrons. The molecule has 4 heteroatoms. The zero-order valence-corrected chi connectivity index (χ0v) is 12.5. The Bertz CT molecular complexity index is 448. The van der Waals surface area contributed by atoms with Gasteiger partial charge in [0.15, 0.2) is 0 Å². The van der Waals surface area contributed by atoms with Crippen molar-refractivity contribution in [1.82, 2.24) is 4.90 Å². The quantitative estimate of drug-likeness (QED) is 0.769. The lowest BCUT2D eigenvalue weighted by Gasteiger charge is -2.35. The highest BCUT2D eigenvalue weighted by Gasteiger charge is 2.46. The molecule has 0 amide bonds. The predicted octanol–water partition coefficient (Wildman–Crippen LogP) is 1.74. The first-order chi connectivity index (χ1) is 9.61. The van der Waals surface area contributed by atoms with Gasteiger partial charge in [0.25, 0.3) is 0 Å². The molecule has 0 aliphatic carbocycles. The standard InChI is InChI=1S/C16H23NO3/c1-17-11-14(15(18)20-3)10-16(17,12-19-2)9-13-7-5-4-6-8-13/h4-8,14H,9-12H2,1-3H3/t14?,16-/m0/s1. The highest BCUT2D eigenvalue weighted by molar-refractivity contribution is 5.73. The van der Waals surface area contributed by atoms with Gasteiger partial charge in [0.05, 0.1) is 19.6 Å². The Hall–Kier alpha value is -1.39. The Morgan fingerprint density at radius 2 is 2.05 bits per heavy atom. The molecule has 1 aliphatic heterocycles. The van der Waals surface area contributed by atoms with Gasteiger partial charge < -0.3 is 9.47 Å². The smallest absolute Gasteiger partial charge is 0.310 e. The van der Waals surface area contributed by atoms with Crippen LogP contribution in [0.15, 0.2) is 30.3 Å². The molecule has 0 N–H and O–H groups in total. The third-order valence-corrected chi connectivity index (χ3v) is 4.25. The number of benzene rings is 1. The first-order valence-corrected chi connectivity index (χ1v) is 6.93. The molecule has 2 atom stereocenters. The number of rotatable bonds is 5. The summed E-state index contributed by atoms with van der Waals surface area (Å²) < 4.78 is 10.3. The topological polar surface area (TPSA) is 38.8 Å². The van der Waals surface area contributed by atoms with Crippen molar-refractivity contribution < 1.29 is 14.3 Å². The molecule has 0 aromatic heterocycles. The van der Waals surface area contributed by atoms with Crippen LogP contribution in [0.2, 0.25) is 0 Å². The van der Waals surface area contributed by atoms with Crippen molar-refractivity contribution in [2.24, 2.45) is 5.92 Å². The number of carbonyl (C=O) groups excluding carboxylic acids is 1. The van der Waals surface area contributed by atoms with E-state index in [4.69, 9.17) is 9.47 Å². The Morgan fingerprint density at radius 3 is 2.65 bits per heavy atom. The molecule has 1 aromatic carbocycles. The fraction of sp³-hybridized carbons (Fsp3) is 0.562. The van der Waals surface area contributed by atoms with Crippen molar-refractivity contribution in [3.63, 3.8) is 0 Å². The third kappa shape index (κ3) is 3.02. The second-order valence-corrected chi connectivity index (χ2v) is 5.62. The number of ether oxygens (including phenoxy) is 2. The van der Waals surface area contributed by atoms with Gasteiger partial charge in [-0.05, 0) is 25.5 Å². The van der Waals surface area contributed by atoms with Crippen LogP contribution in [0.4, 0.5) is 0 Å². The van der Waals surface area contributed by atoms with Gasteiger partial charge >= 0.3 is 5.97 Å². The Labute approximate surface area is 120 Å². The molecule has 1 heterocycles. The highest BCUT2D eigenvalue weighted by atomic mass is 16.5. The molecule has 1 saturated heterocycles. The average Bonchev–Trinajstić information content (AvgIpc) is 2.77. The maximum absolute atomic E-state index is 11.8. The molecule has 110 valence electrons. The summed E-state index contributed by atoms with van der Waals surface area (Å²) >= 11 is 0. The third-order valence-electron chi connectivity index (χ3n) is 4.25. The number of carbonyl (C=O) groups is 1. The van der Waals surface area contributed by atoms with Crippen LogP contribution in [0.5, 0.6) is 0 Å². The largest absolute Gasteiger partial charge is 0.469 e. The first-order valence-electron chi connectivity index (χ1n) is 6.93. The second-order valence-electron chi connectivity index (χ2n) is 5.62. The van der Waals surface area contributed by atoms with Crippen LogP contribution in [0.25, 0.3) is 0 Å². The summed E-state index contributed by atoms with van der Waals surface area (Å²) in [6.07, 6.45) is 1.66. The number of methoxy groups -OCH3 is 2. The van der Waals surface area contributed by atoms with Crippen molar-refractivity contribution in [2.45, 2.75) is 18.4 Å². The molecule has 2 rings (SSSR count). The van der Waals surface area contributed by atoms with Gasteiger partial charge in [-0.25, -0.2) is 0 Å². The van der Waals surface area contributed by atoms with Crippen molar-refractivity contribution in [1.29, 1.82) is 0 Å². The average molecular weight is 277 g/mol. The molecular formula is C16H23NO3. The number of esters is 1. The van der Waals surface area contributed by atoms with E-state index in [2.05, 4.69) is 24.1 Å². The molecule has 0 spiro atoms. The second kappa shape index (κ2) is 6.37. The summed E-state index contributed by atoms with van der Waals surface area (Å²) in [5.41, 5.74) is 1.14. The van der Waals surface area contributed by atoms with Gasteiger partial charge in [-0.1, -0.05) is 30.3 Å². The van der Waals surface area contributed by atoms with Gasteiger partial charge in [-0.15, -0.1) is 0 Å². The zero-order chi connectivity index (χ0) is 14.6. The maximum atomic E-state index is 11.8. The molecule has 0 saturated carbocycles. The van der Waals surface area contributed by atoms with Gasteiger partial charge in [0.2, 0.25) is 0 Å². The van der Waals surface area contributed by atoms with Crippen LogP contribution in [0, 0.1) is 5.92 Å². The minimum atomic E-state index is -0.130. The summed E-state index contributed by atoms with van der Waals surface area (Å²) in [6.45, 7) is 1.34. The lowest BCUT2D eigenvalue weighted by Crippen LogP contribution is -2.47. The monoisotopic (exact) mass is 277 g/mol. The highest BCUT2D eigenvalue weighted by Crippen LogP contribution is 2.35. The van der Waals surface area contributed by atoms with E-state index in [1.807, 2.05) is 18.2 Å². The van der Waals surface area contributed by atoms with Gasteiger partial charge in [-0.3, -0.25) is 9.69 Å². The summed E-state index contributed by atoms with van der Waals surface area (Å²) in [5.74, 6) is -0.188. The first kappa shape index (κ1) is 15.0. The van der Waals surface area contributed by atoms with Gasteiger partial charge in [0, 0.05) is 19.2 Å². The Kier molecular flexibility index (Phi) is 4.78. The SMILES string of the molecule is COC[C@]1(Cc2ccccc2)CC(C(=O)OC)CN1C. The van der Waals surface area contributed by atoms with Crippen LogP contribution in [-0.4, -0.2) is 50.8 Å². The van der Waals surface area contributed by atoms with Crippen LogP contribution in [-0.2, 0) is 20.7 Å². The fourth-order valence-corrected chi connectivity index (χ4v) is 3.20. The van der Waals surface area contributed by atoms with Crippen LogP contribution >= 0.6 is 0 Å². The van der Waals surface area contributed by atoms with Crippen LogP contribution in [0.3, 0.4) is 0 Å². The maximum Gasteiger partial charge on any atom is 0.310 e. The van der Waals surface area contributed by atoms with Gasteiger partial charge in [-0.2, -0.15) is 0 Å². The summed E-state index contributed by atoms with van der Waals surface area (Å²) in [5, 5.41) is 0. The number of hydrogen-bond donors (Lipinski definition) is 0. The van der Waals surface area contributed by atoms with E-state index in [-0.39, 0.29) is 17.4 Å². The lowest BCUT2D eigenvalue weighted by molar-refractivity contribution is -0.145. The summed E-state index contributed by atoms with van der Waals surface area (Å²) in [7, 11) is 5.23. The van der Waals surface area contributed by atoms with E-state index in [0.717, 1.165) is 19.4 Å². The molecule has 20 heavy (non-hydrogen) atoms. The van der Waals surface area contributed by atoms with Crippen molar-refractivity contribution in [3.8, 4) is 0 Å². The van der Waals surface area contributed by atoms with E-state index in [1.54, 1.807) is 7.11 Å². The van der Waals surface area contributed by atoms with E-state index in [1.165, 1.54) is 12.7 Å². The van der Waals surface area contributed by atoms with E-state index in [9.17, 15) is 4.79 Å². The molecule has 4 nitrogen and oxygen atoms in total. The molecule has 1 unspecified atom stereocenters. The summed E-state index contributed by atoms with van der Waals surface area (Å²) in [6, 6.07) is 10.3. The van der Waals surface area contributed by atoms with Gasteiger partial charge in [0.1, 0.15) is 0 Å². The van der Waals surface area contributed by atoms with Crippen molar-refractivity contribution in [3.05, 3.63) is 35.9 Å². The predicted molar refractivity (Wildman–Crippen MR) is 77.5 cm³/mol. The summed E-state index contributed by atoms with van der Waals surface area (Å²) in [4.78, 5) is 14.1. The van der Waals surface area contributed by atoms with Crippen LogP contribution in [0.1, 0.15) is 12.0 Å². The minimum Gasteiger partial charge on any atom is -0.469 e. The molecule has 0 bridgehead atoms. The Morgan fingerprint density at radius 1 is 1.35 bits per heavy atom. The van der Waals surface area contributed by atoms with E-state index >= 15 is 0 Å². The Balaban J connectivity index is 2.19. The van der Waals surface area contributed by atoms with Crippen LogP contribution < -0.4 is 0 Å². The lowest BCUT2D eigenvalue weighted by atomic mass is 9.86. The van der Waals surface area contributed by atoms with Crippen molar-refractivity contribution >= 4 is 5.97 Å². The number of likely N-dealkylation sites (tertiary alicyclic amines) is 1. The number of hydrogen-bond acceptors (Lipinski definition) is 4. The number of likely N-dealkylation sites (N-methyl/N-ethyl adjacent to an activating group) is 1. The molecule has 1 aromatic rings. The molecule has 1 fully saturated rings. The normalized spacial score (nSPS) is 26.6. The number of nitrogens with zero attached hydrogens (tertiary/aromatic N) is 1. The molecular weight excluding hydrogens is 254 g/mol. The zero-order valence-electron chi connectivity index (χ0n) is 12.5. The van der Waals surface area contributed by atoms with Crippen molar-refractivity contribution in [2.75, 3.05) is 34.4 Å². The molecule has 1 aliphatic rings. The fourth-order valence-electron chi connectivity index (χ4n) is 3.20. The van der Waals surface area contributed by atoms with E-state index < -0.39 is 0 Å².